The molecular formula is C19H26NO3+. The molecule has 0 unspecified atom stereocenters. The van der Waals surface area contributed by atoms with Crippen LogP contribution in [0.3, 0.4) is 0 Å². The summed E-state index contributed by atoms with van der Waals surface area (Å²) in [6.07, 6.45) is -0.298. The van der Waals surface area contributed by atoms with E-state index in [1.54, 1.807) is 14.0 Å². The Balaban J connectivity index is 2.00. The summed E-state index contributed by atoms with van der Waals surface area (Å²) in [5.41, 5.74) is 3.53. The second-order valence-corrected chi connectivity index (χ2v) is 5.78. The predicted molar refractivity (Wildman–Crippen MR) is 90.7 cm³/mol. The zero-order valence-electron chi connectivity index (χ0n) is 14.1. The topological polar surface area (TPSA) is 55.3 Å². The van der Waals surface area contributed by atoms with Crippen LogP contribution in [0.25, 0.3) is 0 Å². The number of aliphatic hydroxyl groups is 1. The first-order valence-electron chi connectivity index (χ1n) is 7.94. The molecule has 0 bridgehead atoms. The molecule has 0 saturated carbocycles. The average Bonchev–Trinajstić information content (AvgIpc) is 2.54. The number of nitrogens with two attached hydrogens (primary N) is 1. The van der Waals surface area contributed by atoms with Gasteiger partial charge in [0.1, 0.15) is 19.7 Å². The molecule has 1 atom stereocenters. The predicted octanol–water partition coefficient (Wildman–Crippen LogP) is 2.03. The van der Waals surface area contributed by atoms with Gasteiger partial charge < -0.3 is 19.9 Å². The van der Waals surface area contributed by atoms with Gasteiger partial charge in [0, 0.05) is 5.56 Å². The molecule has 0 amide bonds. The Bertz CT molecular complexity index is 626. The molecular weight excluding hydrogens is 290 g/mol. The first-order chi connectivity index (χ1) is 11.1. The third-order valence-corrected chi connectivity index (χ3v) is 3.76. The van der Waals surface area contributed by atoms with Gasteiger partial charge in [-0.15, -0.1) is 0 Å². The highest BCUT2D eigenvalue weighted by atomic mass is 16.5. The lowest BCUT2D eigenvalue weighted by Crippen LogP contribution is -2.84. The summed E-state index contributed by atoms with van der Waals surface area (Å²) < 4.78 is 11.4. The first kappa shape index (κ1) is 17.3. The normalized spacial score (nSPS) is 12.0. The molecule has 3 N–H and O–H groups in total. The van der Waals surface area contributed by atoms with E-state index >= 15 is 0 Å². The highest BCUT2D eigenvalue weighted by molar-refractivity contribution is 5.43. The third-order valence-electron chi connectivity index (χ3n) is 3.76. The quantitative estimate of drug-likeness (QED) is 0.783. The standard InChI is InChI=1S/C19H25NO3/c1-14-6-4-5-7-17(14)13-23-18-9-8-16(10-19(18)22-3)12-20-11-15(2)21/h4-10,15,20-21H,11-13H2,1-3H3/p+1/t15-/m1/s1. The van der Waals surface area contributed by atoms with Gasteiger partial charge >= 0.3 is 0 Å². The van der Waals surface area contributed by atoms with Crippen LogP contribution in [0.2, 0.25) is 0 Å². The summed E-state index contributed by atoms with van der Waals surface area (Å²) in [5.74, 6) is 1.48. The lowest BCUT2D eigenvalue weighted by Gasteiger charge is -2.13. The van der Waals surface area contributed by atoms with Crippen LogP contribution in [0, 0.1) is 6.92 Å². The van der Waals surface area contributed by atoms with E-state index in [4.69, 9.17) is 9.47 Å². The maximum atomic E-state index is 9.30. The first-order valence-corrected chi connectivity index (χ1v) is 7.94. The Labute approximate surface area is 138 Å². The molecule has 124 valence electrons. The van der Waals surface area contributed by atoms with Gasteiger partial charge in [-0.2, -0.15) is 0 Å². The van der Waals surface area contributed by atoms with Gasteiger partial charge in [0.25, 0.3) is 0 Å². The van der Waals surface area contributed by atoms with Gasteiger partial charge in [-0.3, -0.25) is 0 Å². The maximum Gasteiger partial charge on any atom is 0.161 e. The van der Waals surface area contributed by atoms with Gasteiger partial charge in [-0.1, -0.05) is 24.3 Å². The molecule has 0 radical (unpaired) electrons. The lowest BCUT2D eigenvalue weighted by molar-refractivity contribution is -0.676. The molecule has 0 saturated heterocycles. The van der Waals surface area contributed by atoms with Gasteiger partial charge in [0.05, 0.1) is 13.2 Å². The van der Waals surface area contributed by atoms with Crippen molar-refractivity contribution in [2.24, 2.45) is 0 Å². The van der Waals surface area contributed by atoms with Crippen LogP contribution in [0.15, 0.2) is 42.5 Å². The summed E-state index contributed by atoms with van der Waals surface area (Å²) in [7, 11) is 1.65. The lowest BCUT2D eigenvalue weighted by atomic mass is 10.1. The van der Waals surface area contributed by atoms with Crippen LogP contribution in [-0.2, 0) is 13.2 Å². The van der Waals surface area contributed by atoms with Crippen molar-refractivity contribution >= 4 is 0 Å². The molecule has 0 fully saturated rings. The minimum Gasteiger partial charge on any atom is -0.493 e. The zero-order valence-corrected chi connectivity index (χ0v) is 14.1. The number of ether oxygens (including phenoxy) is 2. The van der Waals surface area contributed by atoms with E-state index in [-0.39, 0.29) is 6.10 Å². The van der Waals surface area contributed by atoms with E-state index in [2.05, 4.69) is 24.4 Å². The molecule has 23 heavy (non-hydrogen) atoms. The van der Waals surface area contributed by atoms with Gasteiger partial charge in [-0.25, -0.2) is 0 Å². The number of aryl methyl sites for hydroxylation is 1. The number of aliphatic hydroxyl groups excluding tert-OH is 1. The molecule has 0 spiro atoms. The van der Waals surface area contributed by atoms with Crippen LogP contribution in [0.4, 0.5) is 0 Å². The summed E-state index contributed by atoms with van der Waals surface area (Å²) in [6.45, 7) is 5.89. The molecule has 2 aromatic carbocycles. The van der Waals surface area contributed by atoms with Crippen molar-refractivity contribution in [3.8, 4) is 11.5 Å². The summed E-state index contributed by atoms with van der Waals surface area (Å²) >= 11 is 0. The number of hydrogen-bond acceptors (Lipinski definition) is 3. The van der Waals surface area contributed by atoms with Crippen molar-refractivity contribution in [3.63, 3.8) is 0 Å². The summed E-state index contributed by atoms with van der Waals surface area (Å²) in [5, 5.41) is 11.4. The zero-order chi connectivity index (χ0) is 16.7. The molecule has 0 aromatic heterocycles. The van der Waals surface area contributed by atoms with E-state index in [0.29, 0.717) is 13.2 Å². The fraction of sp³-hybridized carbons (Fsp3) is 0.368. The minimum absolute atomic E-state index is 0.298. The molecule has 2 rings (SSSR count). The van der Waals surface area contributed by atoms with Crippen molar-refractivity contribution in [3.05, 3.63) is 59.2 Å². The average molecular weight is 316 g/mol. The highest BCUT2D eigenvalue weighted by Gasteiger charge is 2.08. The molecule has 0 aliphatic carbocycles. The molecule has 4 nitrogen and oxygen atoms in total. The highest BCUT2D eigenvalue weighted by Crippen LogP contribution is 2.28. The van der Waals surface area contributed by atoms with Crippen molar-refractivity contribution in [1.29, 1.82) is 0 Å². The second-order valence-electron chi connectivity index (χ2n) is 5.78. The van der Waals surface area contributed by atoms with Crippen molar-refractivity contribution in [1.82, 2.24) is 0 Å². The molecule has 0 aliphatic rings. The molecule has 4 heteroatoms. The maximum absolute atomic E-state index is 9.30. The molecule has 0 heterocycles. The molecule has 2 aromatic rings. The Kier molecular flexibility index (Phi) is 6.44. The van der Waals surface area contributed by atoms with Crippen LogP contribution in [0.5, 0.6) is 11.5 Å². The minimum atomic E-state index is -0.298. The van der Waals surface area contributed by atoms with E-state index in [0.717, 1.165) is 23.6 Å². The van der Waals surface area contributed by atoms with Crippen LogP contribution >= 0.6 is 0 Å². The number of benzene rings is 2. The Morgan fingerprint density at radius 2 is 1.91 bits per heavy atom. The largest absolute Gasteiger partial charge is 0.493 e. The monoisotopic (exact) mass is 316 g/mol. The van der Waals surface area contributed by atoms with Crippen molar-refractivity contribution in [2.45, 2.75) is 33.1 Å². The number of rotatable bonds is 8. The van der Waals surface area contributed by atoms with Crippen LogP contribution < -0.4 is 14.8 Å². The van der Waals surface area contributed by atoms with Crippen molar-refractivity contribution < 1.29 is 19.9 Å². The van der Waals surface area contributed by atoms with E-state index in [9.17, 15) is 5.11 Å². The molecule has 0 aliphatic heterocycles. The Hall–Kier alpha value is -2.04. The number of methoxy groups -OCH3 is 1. The number of hydrogen-bond donors (Lipinski definition) is 2. The fourth-order valence-electron chi connectivity index (χ4n) is 2.38. The SMILES string of the molecule is COc1cc(C[NH2+]C[C@@H](C)O)ccc1OCc1ccccc1C. The van der Waals surface area contributed by atoms with Gasteiger partial charge in [-0.05, 0) is 43.2 Å². The van der Waals surface area contributed by atoms with Gasteiger partial charge in [0.2, 0.25) is 0 Å². The van der Waals surface area contributed by atoms with Crippen molar-refractivity contribution in [2.75, 3.05) is 13.7 Å². The fourth-order valence-corrected chi connectivity index (χ4v) is 2.38. The van der Waals surface area contributed by atoms with E-state index in [1.165, 1.54) is 11.1 Å². The Morgan fingerprint density at radius 1 is 1.13 bits per heavy atom. The van der Waals surface area contributed by atoms with Crippen LogP contribution in [-0.4, -0.2) is 24.9 Å². The van der Waals surface area contributed by atoms with Crippen LogP contribution in [0.1, 0.15) is 23.6 Å². The van der Waals surface area contributed by atoms with E-state index in [1.807, 2.05) is 30.3 Å². The Morgan fingerprint density at radius 3 is 2.61 bits per heavy atom. The summed E-state index contributed by atoms with van der Waals surface area (Å²) in [4.78, 5) is 0. The third kappa shape index (κ3) is 5.27. The number of quaternary nitrogens is 1. The smallest absolute Gasteiger partial charge is 0.161 e. The summed E-state index contributed by atoms with van der Waals surface area (Å²) in [6, 6.07) is 14.2. The van der Waals surface area contributed by atoms with Gasteiger partial charge in [0.15, 0.2) is 11.5 Å². The second kappa shape index (κ2) is 8.56. The van der Waals surface area contributed by atoms with E-state index < -0.39 is 0 Å².